The molecule has 2 aromatic rings. The van der Waals surface area contributed by atoms with E-state index in [9.17, 15) is 14.7 Å². The summed E-state index contributed by atoms with van der Waals surface area (Å²) in [5, 5.41) is 13.6. The van der Waals surface area contributed by atoms with Crippen LogP contribution in [0.5, 0.6) is 0 Å². The molecule has 32 heavy (non-hydrogen) atoms. The minimum atomic E-state index is -0.383. The van der Waals surface area contributed by atoms with E-state index in [1.807, 2.05) is 54.0 Å². The van der Waals surface area contributed by atoms with Crippen LogP contribution in [-0.2, 0) is 11.3 Å². The van der Waals surface area contributed by atoms with Crippen LogP contribution in [0.15, 0.2) is 53.3 Å². The second-order valence-corrected chi connectivity index (χ2v) is 9.79. The SMILES string of the molecule is C[C@H](NC(=O)[C@H]1[C@H](CO)[C@H]2Cn3c(cccc3=O)[C@H]2N1CC1CCCC1)c1ccccc1. The van der Waals surface area contributed by atoms with Crippen molar-refractivity contribution in [2.75, 3.05) is 13.2 Å². The monoisotopic (exact) mass is 435 g/mol. The number of aliphatic hydroxyl groups excluding tert-OH is 1. The molecule has 0 bridgehead atoms. The molecule has 2 aliphatic heterocycles. The van der Waals surface area contributed by atoms with Crippen LogP contribution in [0.25, 0.3) is 0 Å². The zero-order chi connectivity index (χ0) is 22.2. The molecule has 3 heterocycles. The predicted octanol–water partition coefficient (Wildman–Crippen LogP) is 2.88. The number of likely N-dealkylation sites (tertiary alicyclic amines) is 1. The van der Waals surface area contributed by atoms with Gasteiger partial charge < -0.3 is 15.0 Å². The van der Waals surface area contributed by atoms with Crippen molar-refractivity contribution in [2.24, 2.45) is 17.8 Å². The Kier molecular flexibility index (Phi) is 5.91. The number of hydrogen-bond donors (Lipinski definition) is 2. The Morgan fingerprint density at radius 1 is 1.12 bits per heavy atom. The maximum atomic E-state index is 13.7. The van der Waals surface area contributed by atoms with E-state index in [1.165, 1.54) is 25.7 Å². The quantitative estimate of drug-likeness (QED) is 0.732. The minimum absolute atomic E-state index is 0.00410. The van der Waals surface area contributed by atoms with Gasteiger partial charge in [-0.1, -0.05) is 49.2 Å². The number of pyridine rings is 1. The van der Waals surface area contributed by atoms with Crippen molar-refractivity contribution < 1.29 is 9.90 Å². The second kappa shape index (κ2) is 8.83. The molecule has 1 saturated heterocycles. The predicted molar refractivity (Wildman–Crippen MR) is 123 cm³/mol. The van der Waals surface area contributed by atoms with Crippen LogP contribution in [0, 0.1) is 17.8 Å². The number of hydrogen-bond acceptors (Lipinski definition) is 4. The molecule has 0 radical (unpaired) electrons. The molecule has 1 amide bonds. The lowest BCUT2D eigenvalue weighted by atomic mass is 9.88. The molecule has 0 unspecified atom stereocenters. The Balaban J connectivity index is 1.47. The van der Waals surface area contributed by atoms with Crippen LogP contribution >= 0.6 is 0 Å². The maximum Gasteiger partial charge on any atom is 0.250 e. The molecule has 1 saturated carbocycles. The van der Waals surface area contributed by atoms with Crippen LogP contribution in [0.2, 0.25) is 0 Å². The Morgan fingerprint density at radius 3 is 2.59 bits per heavy atom. The highest BCUT2D eigenvalue weighted by molar-refractivity contribution is 5.83. The van der Waals surface area contributed by atoms with E-state index in [2.05, 4.69) is 10.2 Å². The number of fused-ring (bicyclic) bond motifs is 3. The number of carbonyl (C=O) groups excluding carboxylic acids is 1. The number of amides is 1. The van der Waals surface area contributed by atoms with Crippen molar-refractivity contribution in [1.29, 1.82) is 0 Å². The summed E-state index contributed by atoms with van der Waals surface area (Å²) in [7, 11) is 0. The summed E-state index contributed by atoms with van der Waals surface area (Å²) in [4.78, 5) is 28.5. The van der Waals surface area contributed by atoms with Crippen molar-refractivity contribution in [3.8, 4) is 0 Å². The van der Waals surface area contributed by atoms with Gasteiger partial charge in [-0.05, 0) is 37.3 Å². The molecular formula is C26H33N3O3. The Hall–Kier alpha value is -2.44. The van der Waals surface area contributed by atoms with E-state index >= 15 is 0 Å². The Labute approximate surface area is 189 Å². The highest BCUT2D eigenvalue weighted by atomic mass is 16.3. The van der Waals surface area contributed by atoms with Gasteiger partial charge in [0.15, 0.2) is 0 Å². The topological polar surface area (TPSA) is 74.6 Å². The molecule has 6 heteroatoms. The van der Waals surface area contributed by atoms with Crippen molar-refractivity contribution >= 4 is 5.91 Å². The molecular weight excluding hydrogens is 402 g/mol. The van der Waals surface area contributed by atoms with E-state index in [1.54, 1.807) is 6.07 Å². The van der Waals surface area contributed by atoms with Gasteiger partial charge in [-0.15, -0.1) is 0 Å². The van der Waals surface area contributed by atoms with Crippen LogP contribution in [0.4, 0.5) is 0 Å². The van der Waals surface area contributed by atoms with Gasteiger partial charge in [0.1, 0.15) is 0 Å². The van der Waals surface area contributed by atoms with Gasteiger partial charge in [0.25, 0.3) is 5.56 Å². The van der Waals surface area contributed by atoms with Crippen molar-refractivity contribution in [3.63, 3.8) is 0 Å². The first-order chi connectivity index (χ1) is 15.6. The van der Waals surface area contributed by atoms with Gasteiger partial charge in [0, 0.05) is 43.3 Å². The molecule has 170 valence electrons. The van der Waals surface area contributed by atoms with Crippen molar-refractivity contribution in [1.82, 2.24) is 14.8 Å². The summed E-state index contributed by atoms with van der Waals surface area (Å²) in [6, 6.07) is 14.9. The molecule has 6 nitrogen and oxygen atoms in total. The number of aromatic nitrogens is 1. The molecule has 2 N–H and O–H groups in total. The summed E-state index contributed by atoms with van der Waals surface area (Å²) >= 11 is 0. The summed E-state index contributed by atoms with van der Waals surface area (Å²) < 4.78 is 1.85. The number of rotatable bonds is 6. The number of benzene rings is 1. The molecule has 2 fully saturated rings. The van der Waals surface area contributed by atoms with Crippen molar-refractivity contribution in [2.45, 2.75) is 57.3 Å². The lowest BCUT2D eigenvalue weighted by Gasteiger charge is -2.33. The third-order valence-corrected chi connectivity index (χ3v) is 7.94. The van der Waals surface area contributed by atoms with Gasteiger partial charge in [-0.3, -0.25) is 14.5 Å². The van der Waals surface area contributed by atoms with Crippen LogP contribution < -0.4 is 10.9 Å². The average molecular weight is 436 g/mol. The smallest absolute Gasteiger partial charge is 0.250 e. The summed E-state index contributed by atoms with van der Waals surface area (Å²) in [6.07, 6.45) is 4.87. The van der Waals surface area contributed by atoms with Crippen LogP contribution in [-0.4, -0.2) is 39.7 Å². The number of carbonyl (C=O) groups is 1. The van der Waals surface area contributed by atoms with E-state index in [-0.39, 0.29) is 48.0 Å². The lowest BCUT2D eigenvalue weighted by Crippen LogP contribution is -2.49. The van der Waals surface area contributed by atoms with E-state index in [0.29, 0.717) is 12.5 Å². The van der Waals surface area contributed by atoms with E-state index in [0.717, 1.165) is 17.8 Å². The lowest BCUT2D eigenvalue weighted by molar-refractivity contribution is -0.128. The molecule has 5 atom stereocenters. The minimum Gasteiger partial charge on any atom is -0.396 e. The molecule has 3 aliphatic rings. The van der Waals surface area contributed by atoms with E-state index < -0.39 is 0 Å². The summed E-state index contributed by atoms with van der Waals surface area (Å²) in [6.45, 7) is 3.37. The van der Waals surface area contributed by atoms with Crippen LogP contribution in [0.1, 0.15) is 55.9 Å². The summed E-state index contributed by atoms with van der Waals surface area (Å²) in [5.41, 5.74) is 2.07. The molecule has 1 aromatic heterocycles. The molecule has 5 rings (SSSR count). The average Bonchev–Trinajstić information content (AvgIpc) is 3.51. The normalized spacial score (nSPS) is 28.4. The van der Waals surface area contributed by atoms with Crippen LogP contribution in [0.3, 0.4) is 0 Å². The number of aliphatic hydroxyl groups is 1. The molecule has 0 spiro atoms. The fraction of sp³-hybridized carbons (Fsp3) is 0.538. The largest absolute Gasteiger partial charge is 0.396 e. The third kappa shape index (κ3) is 3.69. The first kappa shape index (κ1) is 21.4. The Bertz CT molecular complexity index is 1010. The van der Waals surface area contributed by atoms with Gasteiger partial charge in [-0.25, -0.2) is 0 Å². The Morgan fingerprint density at radius 2 is 1.88 bits per heavy atom. The fourth-order valence-electron chi connectivity index (χ4n) is 6.38. The second-order valence-electron chi connectivity index (χ2n) is 9.79. The first-order valence-corrected chi connectivity index (χ1v) is 12.0. The molecule has 1 aromatic carbocycles. The maximum absolute atomic E-state index is 13.7. The van der Waals surface area contributed by atoms with Crippen molar-refractivity contribution in [3.05, 3.63) is 70.1 Å². The number of nitrogens with zero attached hydrogens (tertiary/aromatic N) is 2. The summed E-state index contributed by atoms with van der Waals surface area (Å²) in [5.74, 6) is 0.431. The first-order valence-electron chi connectivity index (χ1n) is 12.0. The zero-order valence-corrected chi connectivity index (χ0v) is 18.7. The van der Waals surface area contributed by atoms with Gasteiger partial charge in [0.2, 0.25) is 5.91 Å². The third-order valence-electron chi connectivity index (χ3n) is 7.94. The number of nitrogens with one attached hydrogen (secondary N) is 1. The molecule has 1 aliphatic carbocycles. The van der Waals surface area contributed by atoms with Gasteiger partial charge in [-0.2, -0.15) is 0 Å². The highest BCUT2D eigenvalue weighted by Crippen LogP contribution is 2.50. The fourth-order valence-corrected chi connectivity index (χ4v) is 6.38. The van der Waals surface area contributed by atoms with Gasteiger partial charge >= 0.3 is 0 Å². The van der Waals surface area contributed by atoms with Gasteiger partial charge in [0.05, 0.1) is 18.1 Å². The highest BCUT2D eigenvalue weighted by Gasteiger charge is 2.55. The zero-order valence-electron chi connectivity index (χ0n) is 18.7. The van der Waals surface area contributed by atoms with E-state index in [4.69, 9.17) is 0 Å². The standard InChI is InChI=1S/C26H33N3O3/c1-17(19-10-3-2-4-11-19)27-26(32)25-21(16-30)20-15-28-22(12-7-13-23(28)31)24(20)29(25)14-18-8-5-6-9-18/h2-4,7,10-13,17-18,20-21,24-25,30H,5-6,8-9,14-16H2,1H3,(H,27,32)/t17-,20+,21+,24-,25+/m0/s1.